The Morgan fingerprint density at radius 1 is 1.04 bits per heavy atom. The molecular weight excluding hydrogens is 331 g/mol. The topological polar surface area (TPSA) is 57.4 Å². The van der Waals surface area contributed by atoms with Crippen LogP contribution in [0.5, 0.6) is 11.5 Å². The van der Waals surface area contributed by atoms with Crippen molar-refractivity contribution in [3.63, 3.8) is 0 Å². The molecule has 124 valence electrons. The zero-order chi connectivity index (χ0) is 16.9. The maximum Gasteiger partial charge on any atom is 0.237 e. The van der Waals surface area contributed by atoms with Crippen molar-refractivity contribution in [2.24, 2.45) is 0 Å². The fourth-order valence-corrected chi connectivity index (χ4v) is 2.82. The number of hydrogen-bond donors (Lipinski definition) is 0. The lowest BCUT2D eigenvalue weighted by atomic mass is 10.2. The second-order valence-electron chi connectivity index (χ2n) is 4.82. The molecule has 24 heavy (non-hydrogen) atoms. The van der Waals surface area contributed by atoms with Crippen molar-refractivity contribution in [3.05, 3.63) is 54.2 Å². The Kier molecular flexibility index (Phi) is 5.00. The van der Waals surface area contributed by atoms with E-state index in [1.807, 2.05) is 6.07 Å². The van der Waals surface area contributed by atoms with Crippen molar-refractivity contribution < 1.29 is 18.4 Å². The highest BCUT2D eigenvalue weighted by atomic mass is 32.2. The molecule has 0 aliphatic heterocycles. The predicted octanol–water partition coefficient (Wildman–Crippen LogP) is 4.19. The predicted molar refractivity (Wildman–Crippen MR) is 88.8 cm³/mol. The SMILES string of the molecule is COc1ccc(-c2noc(CSc3ccc(F)cc3)n2)cc1OC. The number of thioether (sulfide) groups is 1. The Morgan fingerprint density at radius 2 is 1.79 bits per heavy atom. The summed E-state index contributed by atoms with van der Waals surface area (Å²) in [5, 5.41) is 3.99. The number of ether oxygens (including phenoxy) is 2. The second kappa shape index (κ2) is 7.35. The van der Waals surface area contributed by atoms with Gasteiger partial charge in [0.1, 0.15) is 5.82 Å². The zero-order valence-corrected chi connectivity index (χ0v) is 14.0. The zero-order valence-electron chi connectivity index (χ0n) is 13.2. The molecule has 0 aliphatic carbocycles. The molecule has 0 radical (unpaired) electrons. The van der Waals surface area contributed by atoms with E-state index >= 15 is 0 Å². The molecule has 0 N–H and O–H groups in total. The van der Waals surface area contributed by atoms with Crippen LogP contribution in [0, 0.1) is 5.82 Å². The number of halogens is 1. The summed E-state index contributed by atoms with van der Waals surface area (Å²) in [4.78, 5) is 5.31. The number of aromatic nitrogens is 2. The van der Waals surface area contributed by atoms with Crippen LogP contribution in [0.2, 0.25) is 0 Å². The lowest BCUT2D eigenvalue weighted by molar-refractivity contribution is 0.355. The molecule has 3 rings (SSSR count). The van der Waals surface area contributed by atoms with Crippen LogP contribution in [-0.4, -0.2) is 24.4 Å². The molecule has 3 aromatic rings. The number of benzene rings is 2. The summed E-state index contributed by atoms with van der Waals surface area (Å²) in [6.07, 6.45) is 0. The van der Waals surface area contributed by atoms with Crippen molar-refractivity contribution >= 4 is 11.8 Å². The summed E-state index contributed by atoms with van der Waals surface area (Å²) >= 11 is 1.50. The average molecular weight is 346 g/mol. The molecule has 0 saturated heterocycles. The van der Waals surface area contributed by atoms with Gasteiger partial charge in [-0.25, -0.2) is 4.39 Å². The van der Waals surface area contributed by atoms with E-state index in [9.17, 15) is 4.39 Å². The molecule has 0 bridgehead atoms. The highest BCUT2D eigenvalue weighted by molar-refractivity contribution is 7.98. The Bertz CT molecular complexity index is 821. The quantitative estimate of drug-likeness (QED) is 0.624. The summed E-state index contributed by atoms with van der Waals surface area (Å²) < 4.78 is 28.6. The number of rotatable bonds is 6. The van der Waals surface area contributed by atoms with Crippen molar-refractivity contribution in [1.29, 1.82) is 0 Å². The van der Waals surface area contributed by atoms with E-state index in [2.05, 4.69) is 10.1 Å². The standard InChI is InChI=1S/C17H15FN2O3S/c1-21-14-8-3-11(9-15(14)22-2)17-19-16(23-20-17)10-24-13-6-4-12(18)5-7-13/h3-9H,10H2,1-2H3. The van der Waals surface area contributed by atoms with Gasteiger partial charge in [0.2, 0.25) is 11.7 Å². The molecule has 0 saturated carbocycles. The minimum Gasteiger partial charge on any atom is -0.493 e. The van der Waals surface area contributed by atoms with E-state index in [0.717, 1.165) is 10.5 Å². The fraction of sp³-hybridized carbons (Fsp3) is 0.176. The van der Waals surface area contributed by atoms with Gasteiger partial charge in [0.05, 0.1) is 20.0 Å². The van der Waals surface area contributed by atoms with Gasteiger partial charge in [0.25, 0.3) is 0 Å². The van der Waals surface area contributed by atoms with Crippen molar-refractivity contribution in [1.82, 2.24) is 10.1 Å². The average Bonchev–Trinajstić information content (AvgIpc) is 3.09. The van der Waals surface area contributed by atoms with E-state index in [4.69, 9.17) is 14.0 Å². The van der Waals surface area contributed by atoms with Gasteiger partial charge in [-0.1, -0.05) is 5.16 Å². The van der Waals surface area contributed by atoms with Crippen LogP contribution in [-0.2, 0) is 5.75 Å². The van der Waals surface area contributed by atoms with Crippen LogP contribution in [0.25, 0.3) is 11.4 Å². The monoisotopic (exact) mass is 346 g/mol. The molecule has 0 atom stereocenters. The molecule has 0 spiro atoms. The maximum atomic E-state index is 12.9. The van der Waals surface area contributed by atoms with E-state index in [1.165, 1.54) is 23.9 Å². The van der Waals surface area contributed by atoms with Crippen molar-refractivity contribution in [2.45, 2.75) is 10.6 Å². The van der Waals surface area contributed by atoms with Crippen LogP contribution >= 0.6 is 11.8 Å². The van der Waals surface area contributed by atoms with Crippen LogP contribution in [0.1, 0.15) is 5.89 Å². The normalized spacial score (nSPS) is 10.6. The molecule has 0 aliphatic rings. The Morgan fingerprint density at radius 3 is 2.50 bits per heavy atom. The Labute approximate surface area is 142 Å². The first-order valence-electron chi connectivity index (χ1n) is 7.13. The molecule has 0 fully saturated rings. The third-order valence-corrected chi connectivity index (χ3v) is 4.28. The van der Waals surface area contributed by atoms with Gasteiger partial charge in [0, 0.05) is 10.5 Å². The van der Waals surface area contributed by atoms with Gasteiger partial charge in [-0.05, 0) is 42.5 Å². The van der Waals surface area contributed by atoms with E-state index in [-0.39, 0.29) is 5.82 Å². The van der Waals surface area contributed by atoms with E-state index < -0.39 is 0 Å². The summed E-state index contributed by atoms with van der Waals surface area (Å²) in [5.41, 5.74) is 0.773. The molecule has 1 aromatic heterocycles. The number of hydrogen-bond acceptors (Lipinski definition) is 6. The minimum absolute atomic E-state index is 0.257. The summed E-state index contributed by atoms with van der Waals surface area (Å²) in [7, 11) is 3.15. The molecule has 1 heterocycles. The smallest absolute Gasteiger partial charge is 0.237 e. The van der Waals surface area contributed by atoms with Gasteiger partial charge in [-0.3, -0.25) is 0 Å². The van der Waals surface area contributed by atoms with Gasteiger partial charge in [-0.2, -0.15) is 4.98 Å². The van der Waals surface area contributed by atoms with Crippen molar-refractivity contribution in [3.8, 4) is 22.9 Å². The third-order valence-electron chi connectivity index (χ3n) is 3.29. The first-order chi connectivity index (χ1) is 11.7. The Hall–Kier alpha value is -2.54. The van der Waals surface area contributed by atoms with Crippen LogP contribution in [0.15, 0.2) is 51.9 Å². The molecular formula is C17H15FN2O3S. The molecule has 0 unspecified atom stereocenters. The highest BCUT2D eigenvalue weighted by Gasteiger charge is 2.12. The van der Waals surface area contributed by atoms with Gasteiger partial charge >= 0.3 is 0 Å². The highest BCUT2D eigenvalue weighted by Crippen LogP contribution is 2.31. The van der Waals surface area contributed by atoms with Gasteiger partial charge in [-0.15, -0.1) is 11.8 Å². The van der Waals surface area contributed by atoms with Crippen molar-refractivity contribution in [2.75, 3.05) is 14.2 Å². The first-order valence-corrected chi connectivity index (χ1v) is 8.11. The van der Waals surface area contributed by atoms with Crippen LogP contribution < -0.4 is 9.47 Å². The largest absolute Gasteiger partial charge is 0.493 e. The summed E-state index contributed by atoms with van der Waals surface area (Å²) in [5.74, 6) is 2.46. The maximum absolute atomic E-state index is 12.9. The van der Waals surface area contributed by atoms with Crippen LogP contribution in [0.4, 0.5) is 4.39 Å². The molecule has 7 heteroatoms. The third kappa shape index (κ3) is 3.68. The van der Waals surface area contributed by atoms with E-state index in [0.29, 0.717) is 29.0 Å². The number of nitrogens with zero attached hydrogens (tertiary/aromatic N) is 2. The second-order valence-corrected chi connectivity index (χ2v) is 5.87. The van der Waals surface area contributed by atoms with E-state index in [1.54, 1.807) is 38.5 Å². The molecule has 5 nitrogen and oxygen atoms in total. The van der Waals surface area contributed by atoms with Crippen LogP contribution in [0.3, 0.4) is 0 Å². The lowest BCUT2D eigenvalue weighted by Crippen LogP contribution is -1.91. The molecule has 2 aromatic carbocycles. The minimum atomic E-state index is -0.257. The fourth-order valence-electron chi connectivity index (χ4n) is 2.08. The van der Waals surface area contributed by atoms with Gasteiger partial charge in [0.15, 0.2) is 11.5 Å². The van der Waals surface area contributed by atoms with Gasteiger partial charge < -0.3 is 14.0 Å². The Balaban J connectivity index is 1.72. The summed E-state index contributed by atoms with van der Waals surface area (Å²) in [6, 6.07) is 11.7. The number of methoxy groups -OCH3 is 2. The first kappa shape index (κ1) is 16.3. The lowest BCUT2D eigenvalue weighted by Gasteiger charge is -2.07. The summed E-state index contributed by atoms with van der Waals surface area (Å²) in [6.45, 7) is 0. The molecule has 0 amide bonds.